The second kappa shape index (κ2) is 6.23. The van der Waals surface area contributed by atoms with Crippen LogP contribution in [0.3, 0.4) is 0 Å². The highest BCUT2D eigenvalue weighted by Crippen LogP contribution is 2.18. The average Bonchev–Trinajstić information content (AvgIpc) is 2.25. The van der Waals surface area contributed by atoms with Gasteiger partial charge in [-0.25, -0.2) is 0 Å². The van der Waals surface area contributed by atoms with Crippen molar-refractivity contribution in [3.63, 3.8) is 0 Å². The van der Waals surface area contributed by atoms with Crippen LogP contribution in [0.2, 0.25) is 0 Å². The summed E-state index contributed by atoms with van der Waals surface area (Å²) in [6.07, 6.45) is 0. The Balaban J connectivity index is 4.66. The van der Waals surface area contributed by atoms with Gasteiger partial charge in [-0.3, -0.25) is 9.59 Å². The number of hydrogen-bond acceptors (Lipinski definition) is 4. The van der Waals surface area contributed by atoms with Gasteiger partial charge in [0.05, 0.1) is 6.54 Å². The molecule has 0 atom stereocenters. The predicted molar refractivity (Wildman–Crippen MR) is 68.1 cm³/mol. The molecule has 0 saturated carbocycles. The molecule has 0 aromatic heterocycles. The minimum absolute atomic E-state index is 0.0121. The van der Waals surface area contributed by atoms with Crippen LogP contribution in [0.25, 0.3) is 0 Å². The van der Waals surface area contributed by atoms with Crippen molar-refractivity contribution in [3.8, 4) is 0 Å². The zero-order valence-corrected chi connectivity index (χ0v) is 11.5. The third kappa shape index (κ3) is 4.23. The van der Waals surface area contributed by atoms with Crippen molar-refractivity contribution in [1.29, 1.82) is 0 Å². The van der Waals surface area contributed by atoms with E-state index < -0.39 is 11.3 Å². The number of nitrogens with one attached hydrogen (secondary N) is 1. The molecule has 0 heterocycles. The van der Waals surface area contributed by atoms with Crippen molar-refractivity contribution >= 4 is 17.6 Å². The van der Waals surface area contributed by atoms with E-state index in [-0.39, 0.29) is 24.3 Å². The summed E-state index contributed by atoms with van der Waals surface area (Å²) in [5, 5.41) is 14.1. The summed E-state index contributed by atoms with van der Waals surface area (Å²) < 4.78 is 0. The molecule has 0 aliphatic rings. The maximum atomic E-state index is 12.1. The number of likely N-dealkylation sites (N-methyl/N-ethyl adjacent to an activating group) is 1. The van der Waals surface area contributed by atoms with Crippen molar-refractivity contribution in [1.82, 2.24) is 10.2 Å². The van der Waals surface area contributed by atoms with E-state index >= 15 is 0 Å². The van der Waals surface area contributed by atoms with Crippen molar-refractivity contribution in [3.05, 3.63) is 0 Å². The SMILES string of the molecule is CC(C)NC(=O)CN(C)C(=O)C(C)(C)C(N)=NO. The number of nitrogens with two attached hydrogens (primary N) is 1. The molecule has 2 amide bonds. The van der Waals surface area contributed by atoms with Crippen LogP contribution < -0.4 is 11.1 Å². The lowest BCUT2D eigenvalue weighted by atomic mass is 9.90. The minimum atomic E-state index is -1.15. The van der Waals surface area contributed by atoms with Crippen LogP contribution >= 0.6 is 0 Å². The van der Waals surface area contributed by atoms with Crippen LogP contribution in [-0.4, -0.2) is 47.4 Å². The summed E-state index contributed by atoms with van der Waals surface area (Å²) in [5.74, 6) is -0.837. The molecule has 0 radical (unpaired) electrons. The van der Waals surface area contributed by atoms with Crippen LogP contribution in [0.1, 0.15) is 27.7 Å². The van der Waals surface area contributed by atoms with Gasteiger partial charge >= 0.3 is 0 Å². The number of carbonyl (C=O) groups excluding carboxylic acids is 2. The van der Waals surface area contributed by atoms with E-state index in [1.807, 2.05) is 13.8 Å². The van der Waals surface area contributed by atoms with Crippen molar-refractivity contribution < 1.29 is 14.8 Å². The van der Waals surface area contributed by atoms with Gasteiger partial charge in [0.25, 0.3) is 0 Å². The van der Waals surface area contributed by atoms with Crippen LogP contribution in [0.5, 0.6) is 0 Å². The number of rotatable bonds is 5. The quantitative estimate of drug-likeness (QED) is 0.273. The Morgan fingerprint density at radius 3 is 2.33 bits per heavy atom. The first-order chi connectivity index (χ1) is 8.12. The fourth-order valence-corrected chi connectivity index (χ4v) is 1.37. The molecule has 0 unspecified atom stereocenters. The summed E-state index contributed by atoms with van der Waals surface area (Å²) in [5.41, 5.74) is 4.30. The van der Waals surface area contributed by atoms with Crippen LogP contribution in [0, 0.1) is 5.41 Å². The second-order valence-electron chi connectivity index (χ2n) is 4.99. The molecule has 0 aromatic rings. The van der Waals surface area contributed by atoms with Crippen LogP contribution in [0.15, 0.2) is 5.16 Å². The number of nitrogens with zero attached hydrogens (tertiary/aromatic N) is 2. The molecule has 104 valence electrons. The summed E-state index contributed by atoms with van der Waals surface area (Å²) in [7, 11) is 1.49. The van der Waals surface area contributed by atoms with E-state index in [2.05, 4.69) is 10.5 Å². The fourth-order valence-electron chi connectivity index (χ4n) is 1.37. The van der Waals surface area contributed by atoms with Gasteiger partial charge in [0.2, 0.25) is 11.8 Å². The molecule has 4 N–H and O–H groups in total. The molecule has 0 rings (SSSR count). The number of carbonyl (C=O) groups is 2. The molecule has 0 bridgehead atoms. The Bertz CT molecular complexity index is 350. The van der Waals surface area contributed by atoms with Crippen molar-refractivity contribution in [2.24, 2.45) is 16.3 Å². The molecule has 7 nitrogen and oxygen atoms in total. The van der Waals surface area contributed by atoms with Gasteiger partial charge < -0.3 is 21.2 Å². The van der Waals surface area contributed by atoms with Gasteiger partial charge in [0.1, 0.15) is 5.41 Å². The third-order valence-electron chi connectivity index (χ3n) is 2.46. The lowest BCUT2D eigenvalue weighted by Gasteiger charge is -2.27. The molecule has 0 fully saturated rings. The highest BCUT2D eigenvalue weighted by Gasteiger charge is 2.35. The molecular formula is C11H22N4O3. The van der Waals surface area contributed by atoms with E-state index in [9.17, 15) is 9.59 Å². The van der Waals surface area contributed by atoms with E-state index in [0.29, 0.717) is 0 Å². The number of amides is 2. The Morgan fingerprint density at radius 1 is 1.44 bits per heavy atom. The average molecular weight is 258 g/mol. The topological polar surface area (TPSA) is 108 Å². The van der Waals surface area contributed by atoms with Gasteiger partial charge in [-0.2, -0.15) is 0 Å². The zero-order valence-electron chi connectivity index (χ0n) is 11.5. The molecule has 7 heteroatoms. The Morgan fingerprint density at radius 2 is 1.94 bits per heavy atom. The molecule has 18 heavy (non-hydrogen) atoms. The zero-order chi connectivity index (χ0) is 14.5. The first-order valence-electron chi connectivity index (χ1n) is 5.65. The standard InChI is InChI=1S/C11H22N4O3/c1-7(2)13-8(16)6-15(5)10(17)11(3,4)9(12)14-18/h7,18H,6H2,1-5H3,(H2,12,14)(H,13,16). The number of amidine groups is 1. The monoisotopic (exact) mass is 258 g/mol. The Kier molecular flexibility index (Phi) is 5.61. The number of oxime groups is 1. The van der Waals surface area contributed by atoms with Crippen LogP contribution in [0.4, 0.5) is 0 Å². The van der Waals surface area contributed by atoms with Gasteiger partial charge in [-0.15, -0.1) is 0 Å². The summed E-state index contributed by atoms with van der Waals surface area (Å²) in [4.78, 5) is 24.8. The highest BCUT2D eigenvalue weighted by atomic mass is 16.4. The van der Waals surface area contributed by atoms with Gasteiger partial charge in [-0.1, -0.05) is 5.16 Å². The lowest BCUT2D eigenvalue weighted by Crippen LogP contribution is -2.49. The number of hydrogen-bond donors (Lipinski definition) is 3. The predicted octanol–water partition coefficient (Wildman–Crippen LogP) is -0.258. The maximum absolute atomic E-state index is 12.1. The smallest absolute Gasteiger partial charge is 0.239 e. The maximum Gasteiger partial charge on any atom is 0.239 e. The van der Waals surface area contributed by atoms with Gasteiger partial charge in [0.15, 0.2) is 5.84 Å². The summed E-state index contributed by atoms with van der Waals surface area (Å²) in [6, 6.07) is 0.0121. The highest BCUT2D eigenvalue weighted by molar-refractivity contribution is 6.06. The van der Waals surface area contributed by atoms with Crippen LogP contribution in [-0.2, 0) is 9.59 Å². The lowest BCUT2D eigenvalue weighted by molar-refractivity contribution is -0.139. The third-order valence-corrected chi connectivity index (χ3v) is 2.46. The fraction of sp³-hybridized carbons (Fsp3) is 0.727. The largest absolute Gasteiger partial charge is 0.409 e. The van der Waals surface area contributed by atoms with E-state index in [0.717, 1.165) is 0 Å². The Labute approximate surface area is 107 Å². The minimum Gasteiger partial charge on any atom is -0.409 e. The molecule has 0 aliphatic carbocycles. The van der Waals surface area contributed by atoms with Crippen molar-refractivity contribution in [2.75, 3.05) is 13.6 Å². The molecule has 0 aliphatic heterocycles. The Hall–Kier alpha value is -1.79. The van der Waals surface area contributed by atoms with E-state index in [4.69, 9.17) is 10.9 Å². The summed E-state index contributed by atoms with van der Waals surface area (Å²) in [6.45, 7) is 6.65. The van der Waals surface area contributed by atoms with Crippen molar-refractivity contribution in [2.45, 2.75) is 33.7 Å². The first-order valence-corrected chi connectivity index (χ1v) is 5.65. The summed E-state index contributed by atoms with van der Waals surface area (Å²) >= 11 is 0. The van der Waals surface area contributed by atoms with E-state index in [1.54, 1.807) is 0 Å². The molecule has 0 saturated heterocycles. The molecular weight excluding hydrogens is 236 g/mol. The molecule has 0 aromatic carbocycles. The van der Waals surface area contributed by atoms with Gasteiger partial charge in [0, 0.05) is 13.1 Å². The first kappa shape index (κ1) is 16.2. The normalized spacial score (nSPS) is 12.4. The van der Waals surface area contributed by atoms with Gasteiger partial charge in [-0.05, 0) is 27.7 Å². The molecule has 0 spiro atoms. The second-order valence-corrected chi connectivity index (χ2v) is 4.99. The van der Waals surface area contributed by atoms with E-state index in [1.165, 1.54) is 25.8 Å².